The zero-order chi connectivity index (χ0) is 27.9. The van der Waals surface area contributed by atoms with Gasteiger partial charge in [-0.25, -0.2) is 14.5 Å². The molecule has 40 heavy (non-hydrogen) atoms. The van der Waals surface area contributed by atoms with Crippen molar-refractivity contribution >= 4 is 22.9 Å². The van der Waals surface area contributed by atoms with Gasteiger partial charge in [0, 0.05) is 41.5 Å². The highest BCUT2D eigenvalue weighted by molar-refractivity contribution is 7.15. The van der Waals surface area contributed by atoms with Crippen LogP contribution in [0.5, 0.6) is 0 Å². The Labute approximate surface area is 232 Å². The van der Waals surface area contributed by atoms with Crippen LogP contribution in [0, 0.1) is 6.92 Å². The monoisotopic (exact) mass is 574 g/mol. The highest BCUT2D eigenvalue weighted by Crippen LogP contribution is 2.39. The maximum Gasteiger partial charge on any atom is 0.393 e. The Morgan fingerprint density at radius 1 is 1.18 bits per heavy atom. The van der Waals surface area contributed by atoms with E-state index in [1.54, 1.807) is 23.0 Å². The molecule has 1 N–H and O–H groups in total. The Bertz CT molecular complexity index is 1500. The average Bonchev–Trinajstić information content (AvgIpc) is 3.69. The second-order valence-electron chi connectivity index (χ2n) is 10.3. The lowest BCUT2D eigenvalue weighted by molar-refractivity contribution is -0.136. The number of H-pyrrole nitrogens is 1. The number of hydrogen-bond donors (Lipinski definition) is 1. The summed E-state index contributed by atoms with van der Waals surface area (Å²) in [6, 6.07) is 1.78. The van der Waals surface area contributed by atoms with Crippen LogP contribution >= 0.6 is 11.3 Å². The van der Waals surface area contributed by atoms with Crippen molar-refractivity contribution in [2.24, 2.45) is 0 Å². The molecule has 2 aliphatic heterocycles. The van der Waals surface area contributed by atoms with Crippen LogP contribution in [-0.4, -0.2) is 97.6 Å². The molecule has 2 fully saturated rings. The number of alkyl halides is 3. The Kier molecular flexibility index (Phi) is 7.31. The number of carbonyl (C=O) groups is 1. The minimum Gasteiger partial charge on any atom is -0.378 e. The number of carbonyl (C=O) groups excluding carboxylic acids is 1. The summed E-state index contributed by atoms with van der Waals surface area (Å²) in [5, 5.41) is 11.8. The van der Waals surface area contributed by atoms with Crippen molar-refractivity contribution in [3.8, 4) is 22.0 Å². The van der Waals surface area contributed by atoms with E-state index in [1.165, 1.54) is 17.7 Å². The first kappa shape index (κ1) is 26.8. The predicted molar refractivity (Wildman–Crippen MR) is 142 cm³/mol. The number of aromatic nitrogens is 6. The highest BCUT2D eigenvalue weighted by atomic mass is 32.1. The van der Waals surface area contributed by atoms with Gasteiger partial charge in [-0.15, -0.1) is 11.3 Å². The fourth-order valence-electron chi connectivity index (χ4n) is 5.45. The number of piperidine rings is 1. The van der Waals surface area contributed by atoms with E-state index in [-0.39, 0.29) is 23.1 Å². The van der Waals surface area contributed by atoms with Gasteiger partial charge in [0.25, 0.3) is 0 Å². The van der Waals surface area contributed by atoms with Gasteiger partial charge >= 0.3 is 6.18 Å². The van der Waals surface area contributed by atoms with Crippen LogP contribution in [0.2, 0.25) is 0 Å². The number of halogens is 3. The normalized spacial score (nSPS) is 17.6. The van der Waals surface area contributed by atoms with Gasteiger partial charge in [-0.3, -0.25) is 14.8 Å². The number of pyridine rings is 1. The predicted octanol–water partition coefficient (Wildman–Crippen LogP) is 3.69. The van der Waals surface area contributed by atoms with Crippen LogP contribution < -0.4 is 0 Å². The molecule has 0 aromatic carbocycles. The van der Waals surface area contributed by atoms with Crippen molar-refractivity contribution in [1.29, 1.82) is 0 Å². The van der Waals surface area contributed by atoms with Crippen LogP contribution in [-0.2, 0) is 16.0 Å². The zero-order valence-corrected chi connectivity index (χ0v) is 22.8. The van der Waals surface area contributed by atoms with Gasteiger partial charge in [-0.2, -0.15) is 23.4 Å². The smallest absolute Gasteiger partial charge is 0.378 e. The van der Waals surface area contributed by atoms with E-state index in [0.717, 1.165) is 36.4 Å². The van der Waals surface area contributed by atoms with E-state index in [1.807, 2.05) is 11.8 Å². The number of nitrogens with zero attached hydrogens (tertiary/aromatic N) is 7. The fraction of sp³-hybridized carbons (Fsp3) is 0.500. The molecule has 4 aromatic rings. The SMILES string of the molecule is Cc1cc(-c2[nH]nc(-c3ncc(C4CCN(CC(=O)N5CCOCC5)CC4)s3)c2CC(F)(F)F)cn2ncnc12. The first-order valence-electron chi connectivity index (χ1n) is 13.2. The van der Waals surface area contributed by atoms with Gasteiger partial charge in [-0.05, 0) is 50.4 Å². The highest BCUT2D eigenvalue weighted by Gasteiger charge is 2.34. The number of hydrogen-bond acceptors (Lipinski definition) is 8. The fourth-order valence-corrected chi connectivity index (χ4v) is 6.55. The van der Waals surface area contributed by atoms with Gasteiger partial charge in [0.1, 0.15) is 17.0 Å². The lowest BCUT2D eigenvalue weighted by Crippen LogP contribution is -2.47. The summed E-state index contributed by atoms with van der Waals surface area (Å²) < 4.78 is 48.0. The zero-order valence-electron chi connectivity index (χ0n) is 21.9. The molecular weight excluding hydrogens is 545 g/mol. The van der Waals surface area contributed by atoms with Gasteiger partial charge < -0.3 is 9.64 Å². The lowest BCUT2D eigenvalue weighted by atomic mass is 9.96. The largest absolute Gasteiger partial charge is 0.393 e. The number of fused-ring (bicyclic) bond motifs is 1. The van der Waals surface area contributed by atoms with E-state index < -0.39 is 12.6 Å². The number of aryl methyl sites for hydroxylation is 1. The maximum atomic E-state index is 13.7. The molecule has 6 rings (SSSR count). The summed E-state index contributed by atoms with van der Waals surface area (Å²) in [4.78, 5) is 26.3. The number of thiazole rings is 1. The quantitative estimate of drug-likeness (QED) is 0.375. The molecule has 0 bridgehead atoms. The molecule has 2 saturated heterocycles. The third-order valence-electron chi connectivity index (χ3n) is 7.53. The summed E-state index contributed by atoms with van der Waals surface area (Å²) in [5.74, 6) is 0.370. The number of ether oxygens (including phenoxy) is 1. The van der Waals surface area contributed by atoms with Gasteiger partial charge in [0.05, 0.1) is 31.9 Å². The van der Waals surface area contributed by atoms with Crippen LogP contribution in [0.25, 0.3) is 27.6 Å². The van der Waals surface area contributed by atoms with Crippen molar-refractivity contribution in [2.75, 3.05) is 45.9 Å². The van der Waals surface area contributed by atoms with Gasteiger partial charge in [-0.1, -0.05) is 0 Å². The van der Waals surface area contributed by atoms with Gasteiger partial charge in [0.2, 0.25) is 5.91 Å². The van der Waals surface area contributed by atoms with E-state index in [4.69, 9.17) is 4.74 Å². The molecule has 14 heteroatoms. The first-order valence-corrected chi connectivity index (χ1v) is 14.0. The second-order valence-corrected chi connectivity index (χ2v) is 11.3. The maximum absolute atomic E-state index is 13.7. The Morgan fingerprint density at radius 3 is 2.70 bits per heavy atom. The minimum absolute atomic E-state index is 0.0590. The third kappa shape index (κ3) is 5.60. The molecule has 1 amide bonds. The minimum atomic E-state index is -4.43. The van der Waals surface area contributed by atoms with Crippen molar-refractivity contribution in [3.63, 3.8) is 0 Å². The van der Waals surface area contributed by atoms with Crippen LogP contribution in [0.1, 0.15) is 34.8 Å². The lowest BCUT2D eigenvalue weighted by Gasteiger charge is -2.33. The Morgan fingerprint density at radius 2 is 1.95 bits per heavy atom. The summed E-state index contributed by atoms with van der Waals surface area (Å²) in [5.41, 5.74) is 2.55. The summed E-state index contributed by atoms with van der Waals surface area (Å²) >= 11 is 1.39. The molecule has 2 aliphatic rings. The topological polar surface area (TPSA) is 105 Å². The van der Waals surface area contributed by atoms with Crippen LogP contribution in [0.3, 0.4) is 0 Å². The number of morpholine rings is 1. The summed E-state index contributed by atoms with van der Waals surface area (Å²) in [7, 11) is 0. The van der Waals surface area contributed by atoms with Crippen molar-refractivity contribution in [1.82, 2.24) is 39.6 Å². The molecule has 6 heterocycles. The molecule has 212 valence electrons. The molecule has 4 aromatic heterocycles. The number of nitrogens with one attached hydrogen (secondary N) is 1. The van der Waals surface area contributed by atoms with Crippen molar-refractivity contribution in [2.45, 2.75) is 38.3 Å². The number of rotatable bonds is 6. The molecule has 0 unspecified atom stereocenters. The average molecular weight is 575 g/mol. The first-order chi connectivity index (χ1) is 19.2. The third-order valence-corrected chi connectivity index (χ3v) is 8.70. The van der Waals surface area contributed by atoms with Crippen LogP contribution in [0.15, 0.2) is 24.8 Å². The molecular formula is C26H29F3N8O2S. The standard InChI is InChI=1S/C26H29F3N8O2S/c1-16-10-18(13-37-24(16)31-15-32-37)22-19(11-26(27,28)29)23(34-33-22)25-30-12-20(40-25)17-2-4-35(5-3-17)14-21(38)36-6-8-39-9-7-36/h10,12-13,15,17H,2-9,11,14H2,1H3,(H,33,34). The number of amides is 1. The van der Waals surface area contributed by atoms with E-state index >= 15 is 0 Å². The molecule has 10 nitrogen and oxygen atoms in total. The molecule has 0 saturated carbocycles. The van der Waals surface area contributed by atoms with E-state index in [2.05, 4.69) is 30.2 Å². The molecule has 0 aliphatic carbocycles. The van der Waals surface area contributed by atoms with E-state index in [0.29, 0.717) is 54.8 Å². The molecule has 0 radical (unpaired) electrons. The van der Waals surface area contributed by atoms with E-state index in [9.17, 15) is 18.0 Å². The number of aromatic amines is 1. The Hall–Kier alpha value is -3.36. The van der Waals surface area contributed by atoms with Crippen molar-refractivity contribution < 1.29 is 22.7 Å². The second kappa shape index (κ2) is 10.9. The molecule has 0 atom stereocenters. The Balaban J connectivity index is 1.19. The molecule has 0 spiro atoms. The summed E-state index contributed by atoms with van der Waals surface area (Å²) in [6.45, 7) is 6.24. The van der Waals surface area contributed by atoms with Crippen LogP contribution in [0.4, 0.5) is 13.2 Å². The van der Waals surface area contributed by atoms with Crippen molar-refractivity contribution in [3.05, 3.63) is 40.8 Å². The summed E-state index contributed by atoms with van der Waals surface area (Å²) in [6.07, 6.45) is 0.976. The van der Waals surface area contributed by atoms with Gasteiger partial charge in [0.15, 0.2) is 5.65 Å². The number of likely N-dealkylation sites (tertiary alicyclic amines) is 1.